The minimum absolute atomic E-state index is 0.0889. The van der Waals surface area contributed by atoms with Crippen molar-refractivity contribution in [2.45, 2.75) is 0 Å². The lowest BCUT2D eigenvalue weighted by atomic mass is 10.2. The minimum Gasteiger partial charge on any atom is -0.298 e. The van der Waals surface area contributed by atoms with Crippen LogP contribution in [0.1, 0.15) is 10.4 Å². The van der Waals surface area contributed by atoms with E-state index in [2.05, 4.69) is 10.3 Å². The van der Waals surface area contributed by atoms with Gasteiger partial charge in [-0.25, -0.2) is 13.8 Å². The standard InChI is InChI=1S/C16H10F2N2OS/c17-12-6-11(7-13(18)8-12)15(21)20-16-19-14(9-22-16)10-4-2-1-3-5-10/h1-9H,(H,19,20,21). The maximum absolute atomic E-state index is 13.1. The molecule has 0 saturated carbocycles. The van der Waals surface area contributed by atoms with Gasteiger partial charge in [0.2, 0.25) is 0 Å². The van der Waals surface area contributed by atoms with Crippen LogP contribution in [0.4, 0.5) is 13.9 Å². The molecule has 0 aliphatic heterocycles. The van der Waals surface area contributed by atoms with Gasteiger partial charge in [0.15, 0.2) is 5.13 Å². The number of benzene rings is 2. The summed E-state index contributed by atoms with van der Waals surface area (Å²) in [6.07, 6.45) is 0. The number of hydrogen-bond donors (Lipinski definition) is 1. The van der Waals surface area contributed by atoms with Crippen LogP contribution in [0.3, 0.4) is 0 Å². The van der Waals surface area contributed by atoms with E-state index >= 15 is 0 Å². The Morgan fingerprint density at radius 1 is 1.05 bits per heavy atom. The lowest BCUT2D eigenvalue weighted by Gasteiger charge is -2.02. The number of thiazole rings is 1. The van der Waals surface area contributed by atoms with Crippen LogP contribution in [0.5, 0.6) is 0 Å². The van der Waals surface area contributed by atoms with Crippen LogP contribution in [-0.2, 0) is 0 Å². The van der Waals surface area contributed by atoms with Gasteiger partial charge in [0.1, 0.15) is 11.6 Å². The first-order valence-corrected chi connectivity index (χ1v) is 7.28. The summed E-state index contributed by atoms with van der Waals surface area (Å²) in [6, 6.07) is 12.2. The number of rotatable bonds is 3. The van der Waals surface area contributed by atoms with Crippen LogP contribution < -0.4 is 5.32 Å². The summed E-state index contributed by atoms with van der Waals surface area (Å²) in [7, 11) is 0. The predicted octanol–water partition coefficient (Wildman–Crippen LogP) is 4.34. The Morgan fingerprint density at radius 3 is 2.41 bits per heavy atom. The van der Waals surface area contributed by atoms with E-state index in [1.54, 1.807) is 5.38 Å². The predicted molar refractivity (Wildman–Crippen MR) is 81.9 cm³/mol. The second kappa shape index (κ2) is 6.03. The average Bonchev–Trinajstić information content (AvgIpc) is 2.95. The molecule has 0 atom stereocenters. The summed E-state index contributed by atoms with van der Waals surface area (Å²) < 4.78 is 26.2. The summed E-state index contributed by atoms with van der Waals surface area (Å²) in [4.78, 5) is 16.3. The van der Waals surface area contributed by atoms with Crippen molar-refractivity contribution in [1.29, 1.82) is 0 Å². The van der Waals surface area contributed by atoms with E-state index in [-0.39, 0.29) is 5.56 Å². The van der Waals surface area contributed by atoms with Crippen LogP contribution in [-0.4, -0.2) is 10.9 Å². The first-order valence-electron chi connectivity index (χ1n) is 6.40. The fourth-order valence-corrected chi connectivity index (χ4v) is 2.64. The number of nitrogens with zero attached hydrogens (tertiary/aromatic N) is 1. The Hall–Kier alpha value is -2.60. The van der Waals surface area contributed by atoms with Crippen molar-refractivity contribution < 1.29 is 13.6 Å². The molecule has 1 heterocycles. The monoisotopic (exact) mass is 316 g/mol. The molecule has 0 unspecified atom stereocenters. The molecule has 3 nitrogen and oxygen atoms in total. The third-order valence-corrected chi connectivity index (χ3v) is 3.68. The zero-order chi connectivity index (χ0) is 15.5. The number of carbonyl (C=O) groups is 1. The zero-order valence-electron chi connectivity index (χ0n) is 11.2. The maximum atomic E-state index is 13.1. The van der Waals surface area contributed by atoms with Gasteiger partial charge >= 0.3 is 0 Å². The van der Waals surface area contributed by atoms with Crippen molar-refractivity contribution in [1.82, 2.24) is 4.98 Å². The topological polar surface area (TPSA) is 42.0 Å². The molecule has 110 valence electrons. The number of amides is 1. The second-order valence-corrected chi connectivity index (χ2v) is 5.37. The van der Waals surface area contributed by atoms with Gasteiger partial charge in [-0.15, -0.1) is 11.3 Å². The molecule has 0 aliphatic carbocycles. The Balaban J connectivity index is 1.79. The van der Waals surface area contributed by atoms with E-state index < -0.39 is 17.5 Å². The van der Waals surface area contributed by atoms with Crippen LogP contribution in [0.2, 0.25) is 0 Å². The van der Waals surface area contributed by atoms with E-state index in [1.807, 2.05) is 30.3 Å². The van der Waals surface area contributed by atoms with Gasteiger partial charge in [-0.3, -0.25) is 10.1 Å². The van der Waals surface area contributed by atoms with Crippen LogP contribution in [0, 0.1) is 11.6 Å². The summed E-state index contributed by atoms with van der Waals surface area (Å²) in [6.45, 7) is 0. The Bertz CT molecular complexity index is 798. The van der Waals surface area contributed by atoms with Crippen LogP contribution in [0.15, 0.2) is 53.9 Å². The summed E-state index contributed by atoms with van der Waals surface area (Å²) in [5.74, 6) is -2.20. The highest BCUT2D eigenvalue weighted by Crippen LogP contribution is 2.25. The average molecular weight is 316 g/mol. The molecule has 0 aliphatic rings. The second-order valence-electron chi connectivity index (χ2n) is 4.52. The van der Waals surface area contributed by atoms with E-state index in [1.165, 1.54) is 11.3 Å². The number of carbonyl (C=O) groups excluding carboxylic acids is 1. The lowest BCUT2D eigenvalue weighted by molar-refractivity contribution is 0.102. The third-order valence-electron chi connectivity index (χ3n) is 2.92. The molecule has 1 amide bonds. The maximum Gasteiger partial charge on any atom is 0.257 e. The fraction of sp³-hybridized carbons (Fsp3) is 0. The van der Waals surface area contributed by atoms with Gasteiger partial charge in [0, 0.05) is 22.6 Å². The first kappa shape index (κ1) is 14.3. The first-order chi connectivity index (χ1) is 10.6. The van der Waals surface area contributed by atoms with E-state index in [9.17, 15) is 13.6 Å². The molecule has 0 spiro atoms. The molecule has 2 aromatic carbocycles. The van der Waals surface area contributed by atoms with Crippen molar-refractivity contribution in [3.05, 3.63) is 71.1 Å². The van der Waals surface area contributed by atoms with Gasteiger partial charge in [0.05, 0.1) is 5.69 Å². The summed E-state index contributed by atoms with van der Waals surface area (Å²) >= 11 is 1.25. The molecule has 0 saturated heterocycles. The Morgan fingerprint density at radius 2 is 1.73 bits per heavy atom. The number of aromatic nitrogens is 1. The van der Waals surface area contributed by atoms with Gasteiger partial charge in [-0.1, -0.05) is 30.3 Å². The van der Waals surface area contributed by atoms with Gasteiger partial charge in [0.25, 0.3) is 5.91 Å². The molecule has 22 heavy (non-hydrogen) atoms. The molecular weight excluding hydrogens is 306 g/mol. The third kappa shape index (κ3) is 3.17. The van der Waals surface area contributed by atoms with Gasteiger partial charge in [-0.05, 0) is 12.1 Å². The Labute approximate surface area is 129 Å². The molecule has 0 bridgehead atoms. The van der Waals surface area contributed by atoms with Crippen molar-refractivity contribution in [2.24, 2.45) is 0 Å². The molecule has 6 heteroatoms. The number of halogens is 2. The van der Waals surface area contributed by atoms with Gasteiger partial charge < -0.3 is 0 Å². The molecule has 1 N–H and O–H groups in total. The molecule has 3 rings (SSSR count). The van der Waals surface area contributed by atoms with Crippen molar-refractivity contribution in [3.8, 4) is 11.3 Å². The molecular formula is C16H10F2N2OS. The normalized spacial score (nSPS) is 10.5. The highest BCUT2D eigenvalue weighted by atomic mass is 32.1. The van der Waals surface area contributed by atoms with Crippen molar-refractivity contribution >= 4 is 22.4 Å². The van der Waals surface area contributed by atoms with E-state index in [0.717, 1.165) is 23.4 Å². The Kier molecular flexibility index (Phi) is 3.93. The minimum atomic E-state index is -0.797. The lowest BCUT2D eigenvalue weighted by Crippen LogP contribution is -2.12. The van der Waals surface area contributed by atoms with E-state index in [4.69, 9.17) is 0 Å². The SMILES string of the molecule is O=C(Nc1nc(-c2ccccc2)cs1)c1cc(F)cc(F)c1. The highest BCUT2D eigenvalue weighted by molar-refractivity contribution is 7.14. The fourth-order valence-electron chi connectivity index (χ4n) is 1.93. The van der Waals surface area contributed by atoms with Crippen molar-refractivity contribution in [3.63, 3.8) is 0 Å². The van der Waals surface area contributed by atoms with Crippen LogP contribution >= 0.6 is 11.3 Å². The molecule has 3 aromatic rings. The molecule has 0 radical (unpaired) electrons. The highest BCUT2D eigenvalue weighted by Gasteiger charge is 2.12. The summed E-state index contributed by atoms with van der Waals surface area (Å²) in [5, 5.41) is 4.71. The molecule has 1 aromatic heterocycles. The smallest absolute Gasteiger partial charge is 0.257 e. The quantitative estimate of drug-likeness (QED) is 0.781. The number of anilines is 1. The number of hydrogen-bond acceptors (Lipinski definition) is 3. The van der Waals surface area contributed by atoms with Gasteiger partial charge in [-0.2, -0.15) is 0 Å². The van der Waals surface area contributed by atoms with E-state index in [0.29, 0.717) is 11.2 Å². The number of nitrogens with one attached hydrogen (secondary N) is 1. The molecule has 0 fully saturated rings. The summed E-state index contributed by atoms with van der Waals surface area (Å²) in [5.41, 5.74) is 1.57. The largest absolute Gasteiger partial charge is 0.298 e. The van der Waals surface area contributed by atoms with Crippen molar-refractivity contribution in [2.75, 3.05) is 5.32 Å². The zero-order valence-corrected chi connectivity index (χ0v) is 12.0. The van der Waals surface area contributed by atoms with Crippen LogP contribution in [0.25, 0.3) is 11.3 Å².